The van der Waals surface area contributed by atoms with Crippen molar-refractivity contribution in [2.45, 2.75) is 51.9 Å². The summed E-state index contributed by atoms with van der Waals surface area (Å²) in [7, 11) is 0. The van der Waals surface area contributed by atoms with E-state index in [0.29, 0.717) is 40.8 Å². The predicted octanol–water partition coefficient (Wildman–Crippen LogP) is 4.95. The topological polar surface area (TPSA) is 71.3 Å². The maximum absolute atomic E-state index is 13.7. The Morgan fingerprint density at radius 3 is 2.62 bits per heavy atom. The summed E-state index contributed by atoms with van der Waals surface area (Å²) in [5, 5.41) is 5.55. The lowest BCUT2D eigenvalue weighted by Gasteiger charge is -2.37. The van der Waals surface area contributed by atoms with Crippen molar-refractivity contribution < 1.29 is 9.59 Å². The van der Waals surface area contributed by atoms with Gasteiger partial charge < -0.3 is 9.80 Å². The fourth-order valence-corrected chi connectivity index (χ4v) is 5.17. The molecule has 3 atom stereocenters. The van der Waals surface area contributed by atoms with Crippen molar-refractivity contribution in [2.24, 2.45) is 0 Å². The number of nitrogens with zero attached hydrogens (tertiary/aromatic N) is 5. The van der Waals surface area contributed by atoms with E-state index >= 15 is 0 Å². The highest BCUT2D eigenvalue weighted by atomic mass is 35.5. The summed E-state index contributed by atoms with van der Waals surface area (Å²) in [4.78, 5) is 35.2. The molecule has 2 aliphatic heterocycles. The van der Waals surface area contributed by atoms with E-state index in [4.69, 9.17) is 28.3 Å². The third-order valence-electron chi connectivity index (χ3n) is 6.79. The normalized spacial score (nSPS) is 20.7. The van der Waals surface area contributed by atoms with E-state index in [2.05, 4.69) is 11.9 Å². The Morgan fingerprint density at radius 2 is 1.91 bits per heavy atom. The highest BCUT2D eigenvalue weighted by molar-refractivity contribution is 6.42. The summed E-state index contributed by atoms with van der Waals surface area (Å²) in [5.74, 6) is -0.229. The van der Waals surface area contributed by atoms with Crippen LogP contribution in [-0.2, 0) is 13.0 Å². The zero-order valence-electron chi connectivity index (χ0n) is 19.2. The first-order valence-corrected chi connectivity index (χ1v) is 12.1. The van der Waals surface area contributed by atoms with E-state index in [0.717, 1.165) is 17.0 Å². The first kappa shape index (κ1) is 22.9. The van der Waals surface area contributed by atoms with Crippen LogP contribution in [0.2, 0.25) is 10.0 Å². The molecule has 0 aliphatic carbocycles. The molecule has 0 saturated carbocycles. The molecule has 2 aromatic heterocycles. The van der Waals surface area contributed by atoms with Gasteiger partial charge in [-0.05, 0) is 51.1 Å². The Hall–Kier alpha value is -2.90. The van der Waals surface area contributed by atoms with Gasteiger partial charge in [-0.2, -0.15) is 5.10 Å². The van der Waals surface area contributed by atoms with Gasteiger partial charge in [-0.25, -0.2) is 0 Å². The Morgan fingerprint density at radius 1 is 1.12 bits per heavy atom. The van der Waals surface area contributed by atoms with E-state index in [1.54, 1.807) is 29.3 Å². The number of fused-ring (bicyclic) bond motifs is 3. The Balaban J connectivity index is 1.49. The third kappa shape index (κ3) is 3.77. The number of hydrogen-bond donors (Lipinski definition) is 0. The van der Waals surface area contributed by atoms with Crippen molar-refractivity contribution in [2.75, 3.05) is 6.54 Å². The van der Waals surface area contributed by atoms with E-state index < -0.39 is 0 Å². The number of amides is 2. The summed E-state index contributed by atoms with van der Waals surface area (Å²) >= 11 is 12.2. The van der Waals surface area contributed by atoms with Crippen molar-refractivity contribution in [1.29, 1.82) is 0 Å². The second-order valence-electron chi connectivity index (χ2n) is 9.07. The van der Waals surface area contributed by atoms with Gasteiger partial charge in [0.1, 0.15) is 5.69 Å². The molecule has 1 aromatic carbocycles. The Labute approximate surface area is 208 Å². The molecule has 0 radical (unpaired) electrons. The van der Waals surface area contributed by atoms with E-state index in [-0.39, 0.29) is 29.9 Å². The zero-order valence-corrected chi connectivity index (χ0v) is 20.7. The molecule has 0 saturated heterocycles. The lowest BCUT2D eigenvalue weighted by atomic mass is 9.97. The lowest BCUT2D eigenvalue weighted by molar-refractivity contribution is 0.0570. The molecule has 34 heavy (non-hydrogen) atoms. The van der Waals surface area contributed by atoms with Gasteiger partial charge in [-0.3, -0.25) is 19.3 Å². The number of rotatable bonds is 3. The summed E-state index contributed by atoms with van der Waals surface area (Å²) in [5.41, 5.74) is 3.58. The minimum Gasteiger partial charge on any atom is -0.331 e. The number of carbonyl (C=O) groups is 2. The van der Waals surface area contributed by atoms with Crippen molar-refractivity contribution >= 4 is 35.0 Å². The van der Waals surface area contributed by atoms with Gasteiger partial charge in [0.2, 0.25) is 0 Å². The van der Waals surface area contributed by atoms with Gasteiger partial charge in [0.05, 0.1) is 40.1 Å². The first-order chi connectivity index (χ1) is 16.3. The molecule has 5 rings (SSSR count). The SMILES string of the molecule is C[C@@H]1Cc2nn3c(c2CN1C(=O)c1ccc(Cl)c(Cl)c1)C(=O)N([C@H](C)c1ccccn1)C[C@H]3C. The van der Waals surface area contributed by atoms with Crippen LogP contribution in [0.3, 0.4) is 0 Å². The molecule has 176 valence electrons. The van der Waals surface area contributed by atoms with Crippen molar-refractivity contribution in [3.63, 3.8) is 0 Å². The Kier molecular flexibility index (Phi) is 5.86. The van der Waals surface area contributed by atoms with Gasteiger partial charge in [-0.15, -0.1) is 0 Å². The summed E-state index contributed by atoms with van der Waals surface area (Å²) < 4.78 is 1.84. The second kappa shape index (κ2) is 8.71. The number of halogens is 2. The van der Waals surface area contributed by atoms with Crippen molar-refractivity contribution in [3.8, 4) is 0 Å². The molecule has 2 amide bonds. The van der Waals surface area contributed by atoms with Gasteiger partial charge in [0.15, 0.2) is 0 Å². The van der Waals surface area contributed by atoms with Gasteiger partial charge in [0.25, 0.3) is 11.8 Å². The maximum atomic E-state index is 13.7. The second-order valence-corrected chi connectivity index (χ2v) is 9.89. The molecule has 0 N–H and O–H groups in total. The molecule has 9 heteroatoms. The highest BCUT2D eigenvalue weighted by Gasteiger charge is 2.40. The van der Waals surface area contributed by atoms with Gasteiger partial charge >= 0.3 is 0 Å². The molecule has 4 heterocycles. The van der Waals surface area contributed by atoms with Crippen LogP contribution in [0.5, 0.6) is 0 Å². The van der Waals surface area contributed by atoms with Gasteiger partial charge in [0, 0.05) is 36.3 Å². The molecular formula is C25H25Cl2N5O2. The highest BCUT2D eigenvalue weighted by Crippen LogP contribution is 2.35. The monoisotopic (exact) mass is 497 g/mol. The molecule has 2 aliphatic rings. The average molecular weight is 498 g/mol. The van der Waals surface area contributed by atoms with Crippen LogP contribution < -0.4 is 0 Å². The predicted molar refractivity (Wildman–Crippen MR) is 130 cm³/mol. The molecule has 0 spiro atoms. The minimum atomic E-state index is -0.174. The fourth-order valence-electron chi connectivity index (χ4n) is 4.87. The summed E-state index contributed by atoms with van der Waals surface area (Å²) in [6.07, 6.45) is 2.32. The van der Waals surface area contributed by atoms with Crippen LogP contribution >= 0.6 is 23.2 Å². The Bertz CT molecular complexity index is 1280. The van der Waals surface area contributed by atoms with Gasteiger partial charge in [-0.1, -0.05) is 29.3 Å². The van der Waals surface area contributed by atoms with Crippen LogP contribution in [0.4, 0.5) is 0 Å². The zero-order chi connectivity index (χ0) is 24.1. The largest absolute Gasteiger partial charge is 0.331 e. The van der Waals surface area contributed by atoms with E-state index in [1.807, 2.05) is 41.6 Å². The molecular weight excluding hydrogens is 473 g/mol. The van der Waals surface area contributed by atoms with Crippen molar-refractivity contribution in [1.82, 2.24) is 24.6 Å². The average Bonchev–Trinajstić information content (AvgIpc) is 3.21. The van der Waals surface area contributed by atoms with Crippen LogP contribution in [0, 0.1) is 0 Å². The number of benzene rings is 1. The van der Waals surface area contributed by atoms with Crippen molar-refractivity contribution in [3.05, 3.63) is 80.8 Å². The molecule has 0 unspecified atom stereocenters. The number of pyridine rings is 1. The molecule has 7 nitrogen and oxygen atoms in total. The van der Waals surface area contributed by atoms with E-state index in [9.17, 15) is 9.59 Å². The number of hydrogen-bond acceptors (Lipinski definition) is 4. The van der Waals surface area contributed by atoms with Crippen LogP contribution in [0.1, 0.15) is 70.7 Å². The third-order valence-corrected chi connectivity index (χ3v) is 7.53. The lowest BCUT2D eigenvalue weighted by Crippen LogP contribution is -2.45. The molecule has 3 aromatic rings. The molecule has 0 fully saturated rings. The molecule has 0 bridgehead atoms. The smallest absolute Gasteiger partial charge is 0.273 e. The summed E-state index contributed by atoms with van der Waals surface area (Å²) in [6.45, 7) is 6.92. The maximum Gasteiger partial charge on any atom is 0.273 e. The van der Waals surface area contributed by atoms with E-state index in [1.165, 1.54) is 0 Å². The minimum absolute atomic E-state index is 0.0130. The fraction of sp³-hybridized carbons (Fsp3) is 0.360. The number of aromatic nitrogens is 3. The van der Waals surface area contributed by atoms with Crippen LogP contribution in [0.25, 0.3) is 0 Å². The summed E-state index contributed by atoms with van der Waals surface area (Å²) in [6, 6.07) is 10.4. The standard InChI is InChI=1S/C25H25Cl2N5O2/c1-14-10-22-18(13-30(14)24(33)17-7-8-19(26)20(27)11-17)23-25(34)31(12-15(2)32(23)29-22)16(3)21-6-4-5-9-28-21/h4-9,11,14-16H,10,12-13H2,1-3H3/t14-,15-,16-/m1/s1. The number of carbonyl (C=O) groups excluding carboxylic acids is 2. The quantitative estimate of drug-likeness (QED) is 0.513. The first-order valence-electron chi connectivity index (χ1n) is 11.3. The van der Waals surface area contributed by atoms with Crippen LogP contribution in [-0.4, -0.2) is 49.0 Å². The van der Waals surface area contributed by atoms with Crippen LogP contribution in [0.15, 0.2) is 42.6 Å².